The van der Waals surface area contributed by atoms with E-state index in [4.69, 9.17) is 10.3 Å². The lowest BCUT2D eigenvalue weighted by Gasteiger charge is -1.93. The van der Waals surface area contributed by atoms with Crippen LogP contribution in [0.15, 0.2) is 41.4 Å². The van der Waals surface area contributed by atoms with Gasteiger partial charge in [0.2, 0.25) is 5.82 Å². The van der Waals surface area contributed by atoms with Gasteiger partial charge in [-0.3, -0.25) is 4.98 Å². The van der Waals surface area contributed by atoms with Crippen molar-refractivity contribution in [1.29, 1.82) is 0 Å². The van der Waals surface area contributed by atoms with Crippen LogP contribution in [0.5, 0.6) is 0 Å². The van der Waals surface area contributed by atoms with E-state index in [1.54, 1.807) is 36.9 Å². The predicted molar refractivity (Wildman–Crippen MR) is 63.0 cm³/mol. The molecule has 0 radical (unpaired) electrons. The Hall–Kier alpha value is -2.83. The molecule has 7 heteroatoms. The Morgan fingerprint density at radius 1 is 1.06 bits per heavy atom. The van der Waals surface area contributed by atoms with Crippen molar-refractivity contribution in [2.45, 2.75) is 0 Å². The molecule has 88 valence electrons. The molecule has 0 bridgehead atoms. The van der Waals surface area contributed by atoms with Gasteiger partial charge >= 0.3 is 0 Å². The van der Waals surface area contributed by atoms with Crippen molar-refractivity contribution < 1.29 is 4.52 Å². The molecule has 3 rings (SSSR count). The standard InChI is InChI=1S/C11H8N6O/c12-9-2-1-7(5-15-9)11-16-10(17-18-11)8-6-13-3-4-14-8/h1-6H,(H2,12,15). The van der Waals surface area contributed by atoms with Crippen LogP contribution in [0.4, 0.5) is 5.82 Å². The maximum atomic E-state index is 5.50. The zero-order valence-corrected chi connectivity index (χ0v) is 9.19. The van der Waals surface area contributed by atoms with Crippen LogP contribution in [0.3, 0.4) is 0 Å². The van der Waals surface area contributed by atoms with Gasteiger partial charge in [-0.15, -0.1) is 0 Å². The summed E-state index contributed by atoms with van der Waals surface area (Å²) in [6.07, 6.45) is 6.28. The summed E-state index contributed by atoms with van der Waals surface area (Å²) in [6.45, 7) is 0. The van der Waals surface area contributed by atoms with Crippen molar-refractivity contribution in [2.75, 3.05) is 5.73 Å². The highest BCUT2D eigenvalue weighted by Gasteiger charge is 2.11. The summed E-state index contributed by atoms with van der Waals surface area (Å²) < 4.78 is 5.14. The monoisotopic (exact) mass is 240 g/mol. The minimum Gasteiger partial charge on any atom is -0.384 e. The molecule has 0 unspecified atom stereocenters. The Balaban J connectivity index is 1.97. The van der Waals surface area contributed by atoms with Crippen LogP contribution in [0.1, 0.15) is 0 Å². The van der Waals surface area contributed by atoms with Crippen LogP contribution in [-0.2, 0) is 0 Å². The molecule has 0 saturated heterocycles. The fourth-order valence-electron chi connectivity index (χ4n) is 1.39. The highest BCUT2D eigenvalue weighted by Crippen LogP contribution is 2.20. The lowest BCUT2D eigenvalue weighted by Crippen LogP contribution is -1.89. The number of aromatic nitrogens is 5. The lowest BCUT2D eigenvalue weighted by atomic mass is 10.3. The highest BCUT2D eigenvalue weighted by molar-refractivity contribution is 5.56. The van der Waals surface area contributed by atoms with Crippen molar-refractivity contribution in [3.8, 4) is 23.0 Å². The van der Waals surface area contributed by atoms with E-state index in [9.17, 15) is 0 Å². The van der Waals surface area contributed by atoms with E-state index in [1.807, 2.05) is 0 Å². The summed E-state index contributed by atoms with van der Waals surface area (Å²) >= 11 is 0. The Morgan fingerprint density at radius 2 is 2.00 bits per heavy atom. The van der Waals surface area contributed by atoms with Gasteiger partial charge in [0.1, 0.15) is 11.5 Å². The summed E-state index contributed by atoms with van der Waals surface area (Å²) in [5.41, 5.74) is 6.76. The average molecular weight is 240 g/mol. The fraction of sp³-hybridized carbons (Fsp3) is 0. The third-order valence-electron chi connectivity index (χ3n) is 2.25. The van der Waals surface area contributed by atoms with Crippen LogP contribution in [-0.4, -0.2) is 25.1 Å². The van der Waals surface area contributed by atoms with Crippen LogP contribution >= 0.6 is 0 Å². The molecule has 0 fully saturated rings. The Kier molecular flexibility index (Phi) is 2.41. The van der Waals surface area contributed by atoms with Crippen LogP contribution < -0.4 is 5.73 Å². The number of rotatable bonds is 2. The number of pyridine rings is 1. The van der Waals surface area contributed by atoms with E-state index in [1.165, 1.54) is 0 Å². The molecule has 3 aromatic heterocycles. The van der Waals surface area contributed by atoms with Gasteiger partial charge in [-0.25, -0.2) is 9.97 Å². The maximum Gasteiger partial charge on any atom is 0.259 e. The van der Waals surface area contributed by atoms with Gasteiger partial charge in [0.15, 0.2) is 0 Å². The molecule has 3 aromatic rings. The first-order valence-electron chi connectivity index (χ1n) is 5.15. The van der Waals surface area contributed by atoms with Gasteiger partial charge in [-0.1, -0.05) is 5.16 Å². The van der Waals surface area contributed by atoms with E-state index in [0.717, 1.165) is 0 Å². The molecule has 0 aliphatic carbocycles. The second kappa shape index (κ2) is 4.21. The molecule has 0 atom stereocenters. The van der Waals surface area contributed by atoms with E-state index in [2.05, 4.69) is 25.1 Å². The smallest absolute Gasteiger partial charge is 0.259 e. The fourth-order valence-corrected chi connectivity index (χ4v) is 1.39. The number of nitrogens with two attached hydrogens (primary N) is 1. The first-order chi connectivity index (χ1) is 8.83. The molecule has 0 saturated carbocycles. The zero-order chi connectivity index (χ0) is 12.4. The van der Waals surface area contributed by atoms with Crippen LogP contribution in [0.25, 0.3) is 23.0 Å². The number of anilines is 1. The zero-order valence-electron chi connectivity index (χ0n) is 9.19. The summed E-state index contributed by atoms with van der Waals surface area (Å²) in [5, 5.41) is 3.84. The van der Waals surface area contributed by atoms with Gasteiger partial charge in [0.25, 0.3) is 5.89 Å². The quantitative estimate of drug-likeness (QED) is 0.716. The third-order valence-corrected chi connectivity index (χ3v) is 2.25. The topological polar surface area (TPSA) is 104 Å². The summed E-state index contributed by atoms with van der Waals surface area (Å²) in [5.74, 6) is 1.19. The average Bonchev–Trinajstić information content (AvgIpc) is 2.90. The van der Waals surface area contributed by atoms with Gasteiger partial charge in [0.05, 0.1) is 11.8 Å². The second-order valence-electron chi connectivity index (χ2n) is 3.49. The van der Waals surface area contributed by atoms with E-state index in [0.29, 0.717) is 28.8 Å². The Morgan fingerprint density at radius 3 is 2.72 bits per heavy atom. The molecular formula is C11H8N6O. The molecule has 0 amide bonds. The molecule has 0 aromatic carbocycles. The SMILES string of the molecule is Nc1ccc(-c2nc(-c3cnccn3)no2)cn1. The molecular weight excluding hydrogens is 232 g/mol. The van der Waals surface area contributed by atoms with E-state index in [-0.39, 0.29) is 0 Å². The minimum absolute atomic E-state index is 0.364. The van der Waals surface area contributed by atoms with Gasteiger partial charge in [-0.2, -0.15) is 4.98 Å². The van der Waals surface area contributed by atoms with Gasteiger partial charge in [-0.05, 0) is 12.1 Å². The van der Waals surface area contributed by atoms with Gasteiger partial charge in [0, 0.05) is 18.6 Å². The molecule has 3 heterocycles. The number of hydrogen-bond donors (Lipinski definition) is 1. The number of hydrogen-bond acceptors (Lipinski definition) is 7. The van der Waals surface area contributed by atoms with E-state index < -0.39 is 0 Å². The summed E-state index contributed by atoms with van der Waals surface area (Å²) in [7, 11) is 0. The van der Waals surface area contributed by atoms with Crippen LogP contribution in [0.2, 0.25) is 0 Å². The van der Waals surface area contributed by atoms with Crippen molar-refractivity contribution in [3.63, 3.8) is 0 Å². The largest absolute Gasteiger partial charge is 0.384 e. The predicted octanol–water partition coefficient (Wildman–Crippen LogP) is 1.17. The molecule has 0 aliphatic heterocycles. The lowest BCUT2D eigenvalue weighted by molar-refractivity contribution is 0.432. The number of nitrogens with zero attached hydrogens (tertiary/aromatic N) is 5. The van der Waals surface area contributed by atoms with Gasteiger partial charge < -0.3 is 10.3 Å². The Labute approximate surface area is 102 Å². The molecule has 0 spiro atoms. The van der Waals surface area contributed by atoms with Crippen molar-refractivity contribution >= 4 is 5.82 Å². The molecule has 0 aliphatic rings. The second-order valence-corrected chi connectivity index (χ2v) is 3.49. The first-order valence-corrected chi connectivity index (χ1v) is 5.15. The third kappa shape index (κ3) is 1.88. The molecule has 7 nitrogen and oxygen atoms in total. The normalized spacial score (nSPS) is 10.4. The first kappa shape index (κ1) is 10.3. The highest BCUT2D eigenvalue weighted by atomic mass is 16.5. The van der Waals surface area contributed by atoms with Crippen LogP contribution in [0, 0.1) is 0 Å². The summed E-state index contributed by atoms with van der Waals surface area (Å²) in [4.78, 5) is 16.2. The van der Waals surface area contributed by atoms with Crippen molar-refractivity contribution in [1.82, 2.24) is 25.1 Å². The number of nitrogen functional groups attached to an aromatic ring is 1. The van der Waals surface area contributed by atoms with E-state index >= 15 is 0 Å². The van der Waals surface area contributed by atoms with Crippen molar-refractivity contribution in [2.24, 2.45) is 0 Å². The van der Waals surface area contributed by atoms with Crippen molar-refractivity contribution in [3.05, 3.63) is 36.9 Å². The molecule has 2 N–H and O–H groups in total. The Bertz CT molecular complexity index is 649. The summed E-state index contributed by atoms with van der Waals surface area (Å²) in [6, 6.07) is 3.43. The maximum absolute atomic E-state index is 5.50. The molecule has 18 heavy (non-hydrogen) atoms. The minimum atomic E-state index is 0.364.